The molecule has 1 atom stereocenters. The van der Waals surface area contributed by atoms with Gasteiger partial charge in [0, 0.05) is 24.7 Å². The third-order valence-corrected chi connectivity index (χ3v) is 6.47. The number of methoxy groups -OCH3 is 1. The predicted octanol–water partition coefficient (Wildman–Crippen LogP) is 3.54. The van der Waals surface area contributed by atoms with E-state index in [1.807, 2.05) is 12.1 Å². The molecular formula is C17H24BrNO4Si. The highest BCUT2D eigenvalue weighted by Gasteiger charge is 2.54. The molecule has 1 aromatic carbocycles. The number of benzene rings is 1. The fourth-order valence-electron chi connectivity index (χ4n) is 2.71. The van der Waals surface area contributed by atoms with Gasteiger partial charge in [-0.25, -0.2) is 0 Å². The second-order valence-corrected chi connectivity index (χ2v) is 13.9. The lowest BCUT2D eigenvalue weighted by atomic mass is 9.84. The Labute approximate surface area is 152 Å². The molecule has 0 saturated heterocycles. The van der Waals surface area contributed by atoms with Gasteiger partial charge < -0.3 is 9.47 Å². The Morgan fingerprint density at radius 3 is 2.58 bits per heavy atom. The monoisotopic (exact) mass is 413 g/mol. The molecule has 1 aliphatic rings. The summed E-state index contributed by atoms with van der Waals surface area (Å²) in [6.45, 7) is 9.18. The SMILES string of the molecule is COC(=O)[C@@]1(C)C(=O)N(COCC[Si](C)(C)C)c2cc(Br)ccc21. The van der Waals surface area contributed by atoms with Gasteiger partial charge >= 0.3 is 5.97 Å². The van der Waals surface area contributed by atoms with Crippen molar-refractivity contribution in [3.8, 4) is 0 Å². The summed E-state index contributed by atoms with van der Waals surface area (Å²) in [5.74, 6) is -0.865. The zero-order valence-corrected chi connectivity index (χ0v) is 17.4. The molecule has 132 valence electrons. The molecule has 24 heavy (non-hydrogen) atoms. The van der Waals surface area contributed by atoms with Gasteiger partial charge in [0.25, 0.3) is 5.91 Å². The number of fused-ring (bicyclic) bond motifs is 1. The number of ether oxygens (including phenoxy) is 2. The number of carbonyl (C=O) groups is 2. The lowest BCUT2D eigenvalue weighted by Gasteiger charge is -2.22. The highest BCUT2D eigenvalue weighted by atomic mass is 79.9. The number of halogens is 1. The van der Waals surface area contributed by atoms with Gasteiger partial charge in [0.2, 0.25) is 0 Å². The van der Waals surface area contributed by atoms with E-state index >= 15 is 0 Å². The van der Waals surface area contributed by atoms with Crippen LogP contribution in [0, 0.1) is 0 Å². The molecule has 1 heterocycles. The molecule has 0 saturated carbocycles. The number of hydrogen-bond donors (Lipinski definition) is 0. The summed E-state index contributed by atoms with van der Waals surface area (Å²) in [7, 11) is 0.104. The number of esters is 1. The first-order valence-electron chi connectivity index (χ1n) is 7.89. The third kappa shape index (κ3) is 3.58. The minimum Gasteiger partial charge on any atom is -0.468 e. The first-order valence-corrected chi connectivity index (χ1v) is 12.4. The molecule has 1 aliphatic heterocycles. The maximum absolute atomic E-state index is 12.9. The number of nitrogens with zero attached hydrogens (tertiary/aromatic N) is 1. The van der Waals surface area contributed by atoms with Crippen molar-refractivity contribution >= 4 is 41.6 Å². The molecule has 0 aliphatic carbocycles. The standard InChI is InChI=1S/C17H24BrNO4Si/c1-17(16(21)22-2)13-7-6-12(18)10-14(13)19(15(17)20)11-23-8-9-24(3,4)5/h6-7,10H,8-9,11H2,1-5H3/t17-/m1/s1. The second-order valence-electron chi connectivity index (χ2n) is 7.36. The van der Waals surface area contributed by atoms with Crippen LogP contribution in [0.3, 0.4) is 0 Å². The molecule has 0 radical (unpaired) electrons. The van der Waals surface area contributed by atoms with Gasteiger partial charge in [-0.3, -0.25) is 14.5 Å². The van der Waals surface area contributed by atoms with Crippen molar-refractivity contribution in [1.82, 2.24) is 0 Å². The van der Waals surface area contributed by atoms with E-state index in [1.54, 1.807) is 13.0 Å². The Morgan fingerprint density at radius 1 is 1.33 bits per heavy atom. The van der Waals surface area contributed by atoms with Crippen LogP contribution >= 0.6 is 15.9 Å². The number of carbonyl (C=O) groups excluding carboxylic acids is 2. The first kappa shape index (κ1) is 19.1. The first-order chi connectivity index (χ1) is 11.1. The van der Waals surface area contributed by atoms with E-state index in [9.17, 15) is 9.59 Å². The zero-order valence-electron chi connectivity index (χ0n) is 14.8. The van der Waals surface area contributed by atoms with Crippen LogP contribution in [-0.4, -0.2) is 40.4 Å². The maximum Gasteiger partial charge on any atom is 0.325 e. The maximum atomic E-state index is 12.9. The molecule has 5 nitrogen and oxygen atoms in total. The van der Waals surface area contributed by atoms with Crippen molar-refractivity contribution in [1.29, 1.82) is 0 Å². The Morgan fingerprint density at radius 2 is 2.00 bits per heavy atom. The fraction of sp³-hybridized carbons (Fsp3) is 0.529. The van der Waals surface area contributed by atoms with Crippen molar-refractivity contribution in [2.75, 3.05) is 25.3 Å². The average molecular weight is 414 g/mol. The van der Waals surface area contributed by atoms with Crippen LogP contribution in [0.15, 0.2) is 22.7 Å². The lowest BCUT2D eigenvalue weighted by Crippen LogP contribution is -2.45. The van der Waals surface area contributed by atoms with E-state index in [0.717, 1.165) is 10.5 Å². The number of rotatable bonds is 6. The van der Waals surface area contributed by atoms with Gasteiger partial charge in [-0.15, -0.1) is 0 Å². The van der Waals surface area contributed by atoms with Crippen molar-refractivity contribution in [2.24, 2.45) is 0 Å². The van der Waals surface area contributed by atoms with Gasteiger partial charge in [-0.05, 0) is 25.1 Å². The Kier molecular flexibility index (Phi) is 5.56. The molecule has 0 aromatic heterocycles. The van der Waals surface area contributed by atoms with E-state index in [-0.39, 0.29) is 12.6 Å². The smallest absolute Gasteiger partial charge is 0.325 e. The van der Waals surface area contributed by atoms with Gasteiger partial charge in [0.1, 0.15) is 6.73 Å². The van der Waals surface area contributed by atoms with Gasteiger partial charge in [-0.1, -0.05) is 41.6 Å². The van der Waals surface area contributed by atoms with Crippen molar-refractivity contribution in [3.05, 3.63) is 28.2 Å². The van der Waals surface area contributed by atoms with Crippen LogP contribution in [0.4, 0.5) is 5.69 Å². The summed E-state index contributed by atoms with van der Waals surface area (Å²) in [6.07, 6.45) is 0. The van der Waals surface area contributed by atoms with E-state index in [0.29, 0.717) is 17.9 Å². The number of amides is 1. The largest absolute Gasteiger partial charge is 0.468 e. The third-order valence-electron chi connectivity index (χ3n) is 4.27. The van der Waals surface area contributed by atoms with Crippen LogP contribution in [0.1, 0.15) is 12.5 Å². The van der Waals surface area contributed by atoms with Crippen LogP contribution in [0.5, 0.6) is 0 Å². The van der Waals surface area contributed by atoms with Gasteiger partial charge in [0.05, 0.1) is 12.8 Å². The van der Waals surface area contributed by atoms with Crippen LogP contribution in [0.2, 0.25) is 25.7 Å². The summed E-state index contributed by atoms with van der Waals surface area (Å²) in [6, 6.07) is 6.47. The highest BCUT2D eigenvalue weighted by Crippen LogP contribution is 2.43. The minimum absolute atomic E-state index is 0.138. The van der Waals surface area contributed by atoms with Gasteiger partial charge in [0.15, 0.2) is 5.41 Å². The lowest BCUT2D eigenvalue weighted by molar-refractivity contribution is -0.150. The molecule has 1 aromatic rings. The van der Waals surface area contributed by atoms with Crippen LogP contribution in [0.25, 0.3) is 0 Å². The molecule has 7 heteroatoms. The molecule has 0 N–H and O–H groups in total. The van der Waals surface area contributed by atoms with Crippen LogP contribution in [-0.2, 0) is 24.5 Å². The Bertz CT molecular complexity index is 658. The normalized spacial score (nSPS) is 20.2. The van der Waals surface area contributed by atoms with Gasteiger partial charge in [-0.2, -0.15) is 0 Å². The topological polar surface area (TPSA) is 55.8 Å². The Hall–Kier alpha value is -1.18. The molecule has 2 rings (SSSR count). The van der Waals surface area contributed by atoms with E-state index < -0.39 is 19.5 Å². The summed E-state index contributed by atoms with van der Waals surface area (Å²) >= 11 is 3.42. The summed E-state index contributed by atoms with van der Waals surface area (Å²) < 4.78 is 11.5. The Balaban J connectivity index is 2.26. The fourth-order valence-corrected chi connectivity index (χ4v) is 3.81. The van der Waals surface area contributed by atoms with Crippen molar-refractivity contribution in [3.63, 3.8) is 0 Å². The molecule has 1 amide bonds. The van der Waals surface area contributed by atoms with Crippen LogP contribution < -0.4 is 4.90 Å². The zero-order chi connectivity index (χ0) is 18.1. The summed E-state index contributed by atoms with van der Waals surface area (Å²) in [5, 5.41) is 0. The molecular weight excluding hydrogens is 390 g/mol. The van der Waals surface area contributed by atoms with E-state index in [2.05, 4.69) is 35.6 Å². The van der Waals surface area contributed by atoms with Crippen molar-refractivity contribution < 1.29 is 19.1 Å². The van der Waals surface area contributed by atoms with Crippen molar-refractivity contribution in [2.45, 2.75) is 38.0 Å². The van der Waals surface area contributed by atoms with E-state index in [4.69, 9.17) is 9.47 Å². The summed E-state index contributed by atoms with van der Waals surface area (Å²) in [4.78, 5) is 26.7. The number of anilines is 1. The highest BCUT2D eigenvalue weighted by molar-refractivity contribution is 9.10. The average Bonchev–Trinajstić information content (AvgIpc) is 2.71. The molecule has 0 fully saturated rings. The predicted molar refractivity (Wildman–Crippen MR) is 100.0 cm³/mol. The molecule has 0 spiro atoms. The number of hydrogen-bond acceptors (Lipinski definition) is 4. The second kappa shape index (κ2) is 6.97. The molecule has 0 bridgehead atoms. The summed E-state index contributed by atoms with van der Waals surface area (Å²) in [5.41, 5.74) is 0.0130. The molecule has 0 unspecified atom stereocenters. The quantitative estimate of drug-likeness (QED) is 0.309. The minimum atomic E-state index is -1.33. The van der Waals surface area contributed by atoms with E-state index in [1.165, 1.54) is 12.0 Å².